The Morgan fingerprint density at radius 1 is 1.23 bits per heavy atom. The Hall–Kier alpha value is -2.12. The molecule has 26 heavy (non-hydrogen) atoms. The Morgan fingerprint density at radius 2 is 2.00 bits per heavy atom. The van der Waals surface area contributed by atoms with Gasteiger partial charge in [0.05, 0.1) is 24.2 Å². The number of fused-ring (bicyclic) bond motifs is 1. The normalized spacial score (nSPS) is 21.2. The zero-order valence-corrected chi connectivity index (χ0v) is 15.8. The fraction of sp³-hybridized carbons (Fsp3) is 0.579. The van der Waals surface area contributed by atoms with Crippen molar-refractivity contribution < 1.29 is 9.53 Å². The van der Waals surface area contributed by atoms with E-state index in [2.05, 4.69) is 28.5 Å². The van der Waals surface area contributed by atoms with E-state index in [1.54, 1.807) is 0 Å². The van der Waals surface area contributed by atoms with Gasteiger partial charge in [-0.2, -0.15) is 0 Å². The van der Waals surface area contributed by atoms with E-state index in [4.69, 9.17) is 9.72 Å². The summed E-state index contributed by atoms with van der Waals surface area (Å²) >= 11 is 0. The Morgan fingerprint density at radius 3 is 2.69 bits per heavy atom. The van der Waals surface area contributed by atoms with Gasteiger partial charge < -0.3 is 24.0 Å². The number of imidazole rings is 1. The van der Waals surface area contributed by atoms with Gasteiger partial charge in [-0.25, -0.2) is 4.98 Å². The molecule has 1 atom stereocenters. The Bertz CT molecular complexity index is 810. The van der Waals surface area contributed by atoms with E-state index in [1.165, 1.54) is 0 Å². The van der Waals surface area contributed by atoms with Crippen molar-refractivity contribution in [1.29, 1.82) is 0 Å². The van der Waals surface area contributed by atoms with Gasteiger partial charge in [0.15, 0.2) is 0 Å². The van der Waals surface area contributed by atoms with Gasteiger partial charge in [-0.1, -0.05) is 0 Å². The topological polar surface area (TPSA) is 53.8 Å². The molecule has 2 fully saturated rings. The first-order valence-electron chi connectivity index (χ1n) is 9.29. The standard InChI is InChI=1S/C19H27N5O2/c1-21(2)15-6-7-24(13-15)18(25)14-4-5-17-16(12-14)20-19(22(17)3)23-8-10-26-11-9-23/h4-5,12,15H,6-11,13H2,1-3H3/t15-/m1/s1. The SMILES string of the molecule is CN(C)[C@@H]1CCN(C(=O)c2ccc3c(c2)nc(N2CCOCC2)n3C)C1. The van der Waals surface area contributed by atoms with Crippen molar-refractivity contribution in [3.05, 3.63) is 23.8 Å². The number of aromatic nitrogens is 2. The fourth-order valence-electron chi connectivity index (χ4n) is 3.90. The first-order valence-corrected chi connectivity index (χ1v) is 9.29. The molecule has 1 aromatic carbocycles. The van der Waals surface area contributed by atoms with Crippen LogP contribution >= 0.6 is 0 Å². The van der Waals surface area contributed by atoms with Crippen LogP contribution < -0.4 is 4.90 Å². The van der Waals surface area contributed by atoms with Gasteiger partial charge in [0, 0.05) is 44.8 Å². The minimum absolute atomic E-state index is 0.106. The molecule has 0 aliphatic carbocycles. The molecule has 0 saturated carbocycles. The van der Waals surface area contributed by atoms with Crippen molar-refractivity contribution in [1.82, 2.24) is 19.4 Å². The minimum Gasteiger partial charge on any atom is -0.378 e. The maximum atomic E-state index is 12.9. The van der Waals surface area contributed by atoms with E-state index in [0.717, 1.165) is 68.4 Å². The molecular formula is C19H27N5O2. The van der Waals surface area contributed by atoms with Crippen molar-refractivity contribution in [3.63, 3.8) is 0 Å². The van der Waals surface area contributed by atoms with E-state index in [9.17, 15) is 4.79 Å². The number of carbonyl (C=O) groups excluding carboxylic acids is 1. The number of aryl methyl sites for hydroxylation is 1. The highest BCUT2D eigenvalue weighted by atomic mass is 16.5. The number of likely N-dealkylation sites (tertiary alicyclic amines) is 1. The maximum absolute atomic E-state index is 12.9. The van der Waals surface area contributed by atoms with Gasteiger partial charge in [-0.15, -0.1) is 0 Å². The second-order valence-electron chi connectivity index (χ2n) is 7.43. The summed E-state index contributed by atoms with van der Waals surface area (Å²) in [4.78, 5) is 24.1. The van der Waals surface area contributed by atoms with Gasteiger partial charge in [0.1, 0.15) is 0 Å². The third-order valence-corrected chi connectivity index (χ3v) is 5.58. The number of ether oxygens (including phenoxy) is 1. The maximum Gasteiger partial charge on any atom is 0.253 e. The molecule has 0 unspecified atom stereocenters. The molecule has 0 bridgehead atoms. The van der Waals surface area contributed by atoms with Crippen LogP contribution in [-0.4, -0.2) is 84.8 Å². The highest BCUT2D eigenvalue weighted by molar-refractivity contribution is 5.98. The van der Waals surface area contributed by atoms with Gasteiger partial charge in [0.25, 0.3) is 5.91 Å². The van der Waals surface area contributed by atoms with Crippen LogP contribution in [0.3, 0.4) is 0 Å². The molecule has 0 radical (unpaired) electrons. The highest BCUT2D eigenvalue weighted by Crippen LogP contribution is 2.24. The van der Waals surface area contributed by atoms with Crippen molar-refractivity contribution in [3.8, 4) is 0 Å². The fourth-order valence-corrected chi connectivity index (χ4v) is 3.90. The average Bonchev–Trinajstić information content (AvgIpc) is 3.27. The number of rotatable bonds is 3. The quantitative estimate of drug-likeness (QED) is 0.826. The number of likely N-dealkylation sites (N-methyl/N-ethyl adjacent to an activating group) is 1. The predicted octanol–water partition coefficient (Wildman–Crippen LogP) is 1.19. The molecule has 2 aromatic rings. The van der Waals surface area contributed by atoms with Crippen LogP contribution in [0.15, 0.2) is 18.2 Å². The van der Waals surface area contributed by atoms with E-state index in [1.807, 2.05) is 30.1 Å². The number of hydrogen-bond donors (Lipinski definition) is 0. The molecule has 1 aromatic heterocycles. The summed E-state index contributed by atoms with van der Waals surface area (Å²) in [5.41, 5.74) is 2.65. The van der Waals surface area contributed by atoms with Crippen LogP contribution in [0.25, 0.3) is 11.0 Å². The second-order valence-corrected chi connectivity index (χ2v) is 7.43. The van der Waals surface area contributed by atoms with Crippen molar-refractivity contribution >= 4 is 22.9 Å². The molecular weight excluding hydrogens is 330 g/mol. The molecule has 7 heteroatoms. The number of nitrogens with zero attached hydrogens (tertiary/aromatic N) is 5. The van der Waals surface area contributed by atoms with Crippen molar-refractivity contribution in [2.45, 2.75) is 12.5 Å². The Kier molecular flexibility index (Phi) is 4.58. The first-order chi connectivity index (χ1) is 12.5. The smallest absolute Gasteiger partial charge is 0.253 e. The lowest BCUT2D eigenvalue weighted by Crippen LogP contribution is -2.37. The summed E-state index contributed by atoms with van der Waals surface area (Å²) in [7, 11) is 6.18. The average molecular weight is 357 g/mol. The molecule has 2 aliphatic heterocycles. The molecule has 0 N–H and O–H groups in total. The zero-order valence-electron chi connectivity index (χ0n) is 15.8. The molecule has 3 heterocycles. The van der Waals surface area contributed by atoms with Crippen LogP contribution in [0, 0.1) is 0 Å². The van der Waals surface area contributed by atoms with Crippen molar-refractivity contribution in [2.75, 3.05) is 58.4 Å². The summed E-state index contributed by atoms with van der Waals surface area (Å²) in [5, 5.41) is 0. The van der Waals surface area contributed by atoms with Crippen LogP contribution in [0.5, 0.6) is 0 Å². The predicted molar refractivity (Wildman–Crippen MR) is 102 cm³/mol. The summed E-state index contributed by atoms with van der Waals surface area (Å²) in [6.07, 6.45) is 1.03. The lowest BCUT2D eigenvalue weighted by Gasteiger charge is -2.27. The number of amides is 1. The molecule has 140 valence electrons. The zero-order chi connectivity index (χ0) is 18.3. The monoisotopic (exact) mass is 357 g/mol. The number of morpholine rings is 1. The molecule has 1 amide bonds. The summed E-state index contributed by atoms with van der Waals surface area (Å²) in [6.45, 7) is 4.78. The largest absolute Gasteiger partial charge is 0.378 e. The van der Waals surface area contributed by atoms with E-state index in [0.29, 0.717) is 6.04 Å². The second kappa shape index (κ2) is 6.89. The number of carbonyl (C=O) groups is 1. The summed E-state index contributed by atoms with van der Waals surface area (Å²) in [6, 6.07) is 6.33. The number of anilines is 1. The van der Waals surface area contributed by atoms with E-state index in [-0.39, 0.29) is 5.91 Å². The third-order valence-electron chi connectivity index (χ3n) is 5.58. The molecule has 0 spiro atoms. The lowest BCUT2D eigenvalue weighted by atomic mass is 10.1. The van der Waals surface area contributed by atoms with Crippen molar-refractivity contribution in [2.24, 2.45) is 7.05 Å². The van der Waals surface area contributed by atoms with Crippen LogP contribution in [-0.2, 0) is 11.8 Å². The van der Waals surface area contributed by atoms with Crippen LogP contribution in [0.1, 0.15) is 16.8 Å². The van der Waals surface area contributed by atoms with E-state index < -0.39 is 0 Å². The first kappa shape index (κ1) is 17.3. The van der Waals surface area contributed by atoms with Gasteiger partial charge in [-0.05, 0) is 38.7 Å². The number of benzene rings is 1. The summed E-state index contributed by atoms with van der Waals surface area (Å²) in [5.74, 6) is 1.05. The molecule has 2 aliphatic rings. The molecule has 2 saturated heterocycles. The lowest BCUT2D eigenvalue weighted by molar-refractivity contribution is 0.0783. The Labute approximate surface area is 154 Å². The third kappa shape index (κ3) is 3.05. The highest BCUT2D eigenvalue weighted by Gasteiger charge is 2.28. The van der Waals surface area contributed by atoms with E-state index >= 15 is 0 Å². The van der Waals surface area contributed by atoms with Gasteiger partial charge in [0.2, 0.25) is 5.95 Å². The van der Waals surface area contributed by atoms with Gasteiger partial charge >= 0.3 is 0 Å². The summed E-state index contributed by atoms with van der Waals surface area (Å²) < 4.78 is 7.54. The minimum atomic E-state index is 0.106. The van der Waals surface area contributed by atoms with Gasteiger partial charge in [-0.3, -0.25) is 4.79 Å². The molecule has 4 rings (SSSR count). The van der Waals surface area contributed by atoms with Crippen LogP contribution in [0.4, 0.5) is 5.95 Å². The Balaban J connectivity index is 1.58. The van der Waals surface area contributed by atoms with Crippen LogP contribution in [0.2, 0.25) is 0 Å². The number of hydrogen-bond acceptors (Lipinski definition) is 5. The molecule has 7 nitrogen and oxygen atoms in total.